The van der Waals surface area contributed by atoms with Crippen LogP contribution in [-0.2, 0) is 16.0 Å². The maximum atomic E-state index is 12.9. The normalized spacial score (nSPS) is 16.8. The van der Waals surface area contributed by atoms with Crippen molar-refractivity contribution in [2.45, 2.75) is 18.9 Å². The first-order chi connectivity index (χ1) is 18.1. The summed E-state index contributed by atoms with van der Waals surface area (Å²) >= 11 is 0. The Balaban J connectivity index is 1.20. The highest BCUT2D eigenvalue weighted by atomic mass is 16.6. The van der Waals surface area contributed by atoms with Gasteiger partial charge in [-0.1, -0.05) is 6.07 Å². The molecule has 2 amide bonds. The van der Waals surface area contributed by atoms with E-state index in [1.807, 2.05) is 24.3 Å². The third-order valence-corrected chi connectivity index (χ3v) is 6.34. The van der Waals surface area contributed by atoms with E-state index in [4.69, 9.17) is 14.2 Å². The number of nitrogens with zero attached hydrogens (tertiary/aromatic N) is 6. The van der Waals surface area contributed by atoms with Crippen molar-refractivity contribution in [1.29, 1.82) is 0 Å². The van der Waals surface area contributed by atoms with Crippen LogP contribution in [0.2, 0.25) is 0 Å². The largest absolute Gasteiger partial charge is 0.486 e. The van der Waals surface area contributed by atoms with Crippen molar-refractivity contribution < 1.29 is 23.8 Å². The molecular formula is C25H29N7O5. The number of aromatic nitrogens is 4. The highest BCUT2D eigenvalue weighted by Crippen LogP contribution is 2.30. The molecule has 4 heterocycles. The molecule has 0 radical (unpaired) electrons. The molecule has 37 heavy (non-hydrogen) atoms. The van der Waals surface area contributed by atoms with Gasteiger partial charge in [0.05, 0.1) is 13.2 Å². The van der Waals surface area contributed by atoms with E-state index in [0.29, 0.717) is 57.6 Å². The number of amides is 2. The third-order valence-electron chi connectivity index (χ3n) is 6.34. The summed E-state index contributed by atoms with van der Waals surface area (Å²) in [5.41, 5.74) is 1.04. The number of piperazine rings is 1. The summed E-state index contributed by atoms with van der Waals surface area (Å²) in [5.74, 6) is 2.54. The van der Waals surface area contributed by atoms with Gasteiger partial charge in [-0.3, -0.25) is 9.36 Å². The van der Waals surface area contributed by atoms with Crippen LogP contribution in [0.4, 0.5) is 10.6 Å². The van der Waals surface area contributed by atoms with Crippen molar-refractivity contribution in [2.24, 2.45) is 0 Å². The van der Waals surface area contributed by atoms with Gasteiger partial charge >= 0.3 is 6.09 Å². The first kappa shape index (κ1) is 24.3. The molecule has 1 saturated heterocycles. The molecule has 1 atom stereocenters. The molecule has 0 aliphatic carbocycles. The van der Waals surface area contributed by atoms with Gasteiger partial charge in [0.25, 0.3) is 0 Å². The summed E-state index contributed by atoms with van der Waals surface area (Å²) in [5, 5.41) is 2.97. The first-order valence-corrected chi connectivity index (χ1v) is 12.2. The van der Waals surface area contributed by atoms with E-state index in [1.165, 1.54) is 7.11 Å². The minimum absolute atomic E-state index is 0.139. The lowest BCUT2D eigenvalue weighted by molar-refractivity contribution is -0.122. The van der Waals surface area contributed by atoms with Crippen LogP contribution in [0.3, 0.4) is 0 Å². The maximum absolute atomic E-state index is 12.9. The van der Waals surface area contributed by atoms with Gasteiger partial charge in [0.1, 0.15) is 25.4 Å². The third kappa shape index (κ3) is 5.74. The molecule has 3 aromatic rings. The Labute approximate surface area is 214 Å². The molecule has 1 aromatic carbocycles. The number of carbonyl (C=O) groups excluding carboxylic acids is 2. The summed E-state index contributed by atoms with van der Waals surface area (Å²) < 4.78 is 17.9. The Morgan fingerprint density at radius 3 is 2.81 bits per heavy atom. The fourth-order valence-electron chi connectivity index (χ4n) is 4.49. The van der Waals surface area contributed by atoms with Gasteiger partial charge in [0.2, 0.25) is 11.9 Å². The van der Waals surface area contributed by atoms with E-state index in [0.717, 1.165) is 17.1 Å². The number of hydrogen-bond donors (Lipinski definition) is 1. The SMILES string of the molecule is COC(=O)N1CCN(c2ccnc(-n3ccnc3)n2)CC1CC(=O)NCCc1ccc2c(c1)OCCO2. The Hall–Kier alpha value is -4.35. The van der Waals surface area contributed by atoms with Crippen LogP contribution >= 0.6 is 0 Å². The number of rotatable bonds is 7. The van der Waals surface area contributed by atoms with E-state index < -0.39 is 6.09 Å². The number of methoxy groups -OCH3 is 1. The predicted molar refractivity (Wildman–Crippen MR) is 133 cm³/mol. The van der Waals surface area contributed by atoms with Crippen LogP contribution in [0.15, 0.2) is 49.2 Å². The smallest absolute Gasteiger partial charge is 0.409 e. The van der Waals surface area contributed by atoms with Gasteiger partial charge in [-0.25, -0.2) is 14.8 Å². The number of carbonyl (C=O) groups is 2. The molecule has 2 aromatic heterocycles. The van der Waals surface area contributed by atoms with Crippen LogP contribution in [0.25, 0.3) is 5.95 Å². The monoisotopic (exact) mass is 507 g/mol. The highest BCUT2D eigenvalue weighted by molar-refractivity contribution is 5.78. The second-order valence-corrected chi connectivity index (χ2v) is 8.73. The van der Waals surface area contributed by atoms with Gasteiger partial charge in [0, 0.05) is 51.2 Å². The molecule has 5 rings (SSSR count). The van der Waals surface area contributed by atoms with Crippen LogP contribution < -0.4 is 19.7 Å². The van der Waals surface area contributed by atoms with Gasteiger partial charge < -0.3 is 29.3 Å². The van der Waals surface area contributed by atoms with E-state index in [1.54, 1.807) is 34.4 Å². The van der Waals surface area contributed by atoms with Crippen LogP contribution in [0.5, 0.6) is 11.5 Å². The predicted octanol–water partition coefficient (Wildman–Crippen LogP) is 1.44. The molecule has 2 aliphatic rings. The van der Waals surface area contributed by atoms with E-state index in [9.17, 15) is 9.59 Å². The number of benzene rings is 1. The second kappa shape index (κ2) is 11.1. The van der Waals surface area contributed by atoms with E-state index in [2.05, 4.69) is 25.2 Å². The van der Waals surface area contributed by atoms with Crippen LogP contribution in [0, 0.1) is 0 Å². The molecule has 12 heteroatoms. The number of anilines is 1. The first-order valence-electron chi connectivity index (χ1n) is 12.2. The number of imidazole rings is 1. The van der Waals surface area contributed by atoms with Crippen LogP contribution in [0.1, 0.15) is 12.0 Å². The molecule has 0 saturated carbocycles. The number of ether oxygens (including phenoxy) is 3. The lowest BCUT2D eigenvalue weighted by Crippen LogP contribution is -2.56. The average molecular weight is 508 g/mol. The summed E-state index contributed by atoms with van der Waals surface area (Å²) in [6.45, 7) is 2.94. The highest BCUT2D eigenvalue weighted by Gasteiger charge is 2.33. The summed E-state index contributed by atoms with van der Waals surface area (Å²) in [7, 11) is 1.35. The Bertz CT molecular complexity index is 1240. The van der Waals surface area contributed by atoms with E-state index >= 15 is 0 Å². The van der Waals surface area contributed by atoms with Crippen molar-refractivity contribution in [2.75, 3.05) is 51.4 Å². The lowest BCUT2D eigenvalue weighted by Gasteiger charge is -2.40. The van der Waals surface area contributed by atoms with Crippen molar-refractivity contribution in [3.8, 4) is 17.4 Å². The fraction of sp³-hybridized carbons (Fsp3) is 0.400. The van der Waals surface area contributed by atoms with Crippen LogP contribution in [-0.4, -0.2) is 89.0 Å². The molecule has 0 spiro atoms. The molecule has 1 fully saturated rings. The Morgan fingerprint density at radius 1 is 1.14 bits per heavy atom. The minimum atomic E-state index is -0.449. The Morgan fingerprint density at radius 2 is 2.00 bits per heavy atom. The van der Waals surface area contributed by atoms with Gasteiger partial charge in [-0.15, -0.1) is 0 Å². The van der Waals surface area contributed by atoms with E-state index in [-0.39, 0.29) is 18.4 Å². The van der Waals surface area contributed by atoms with Crippen molar-refractivity contribution in [3.63, 3.8) is 0 Å². The van der Waals surface area contributed by atoms with Gasteiger partial charge in [-0.2, -0.15) is 4.98 Å². The van der Waals surface area contributed by atoms with Crippen molar-refractivity contribution in [1.82, 2.24) is 29.7 Å². The topological polar surface area (TPSA) is 124 Å². The molecule has 1 N–H and O–H groups in total. The Kier molecular flexibility index (Phi) is 7.33. The van der Waals surface area contributed by atoms with Gasteiger partial charge in [0.15, 0.2) is 11.5 Å². The zero-order chi connectivity index (χ0) is 25.6. The zero-order valence-corrected chi connectivity index (χ0v) is 20.6. The fourth-order valence-corrected chi connectivity index (χ4v) is 4.49. The zero-order valence-electron chi connectivity index (χ0n) is 20.6. The second-order valence-electron chi connectivity index (χ2n) is 8.73. The molecule has 1 unspecified atom stereocenters. The number of hydrogen-bond acceptors (Lipinski definition) is 9. The molecule has 2 aliphatic heterocycles. The van der Waals surface area contributed by atoms with Crippen molar-refractivity contribution >= 4 is 17.8 Å². The maximum Gasteiger partial charge on any atom is 0.409 e. The summed E-state index contributed by atoms with van der Waals surface area (Å²) in [4.78, 5) is 41.9. The van der Waals surface area contributed by atoms with Gasteiger partial charge in [-0.05, 0) is 30.2 Å². The summed E-state index contributed by atoms with van der Waals surface area (Å²) in [6, 6.07) is 7.25. The molecule has 194 valence electrons. The molecule has 0 bridgehead atoms. The lowest BCUT2D eigenvalue weighted by atomic mass is 10.1. The minimum Gasteiger partial charge on any atom is -0.486 e. The molecular weight excluding hydrogens is 478 g/mol. The quantitative estimate of drug-likeness (QED) is 0.506. The van der Waals surface area contributed by atoms with Crippen molar-refractivity contribution in [3.05, 3.63) is 54.7 Å². The summed E-state index contributed by atoms with van der Waals surface area (Å²) in [6.07, 6.45) is 7.09. The average Bonchev–Trinajstić information content (AvgIpc) is 3.48. The standard InChI is InChI=1S/C25H29N7O5/c1-35-25(34)32-11-10-30(22-5-7-28-24(29-22)31-9-8-26-17-31)16-19(32)15-23(33)27-6-4-18-2-3-20-21(14-18)37-13-12-36-20/h2-3,5,7-9,14,17,19H,4,6,10-13,15-16H2,1H3,(H,27,33). The number of fused-ring (bicyclic) bond motifs is 1. The number of nitrogens with one attached hydrogen (secondary N) is 1. The molecule has 12 nitrogen and oxygen atoms in total.